The number of amides is 2. The quantitative estimate of drug-likeness (QED) is 0.857. The highest BCUT2D eigenvalue weighted by molar-refractivity contribution is 5.83. The summed E-state index contributed by atoms with van der Waals surface area (Å²) < 4.78 is 0. The molecule has 1 heterocycles. The van der Waals surface area contributed by atoms with Crippen molar-refractivity contribution in [3.05, 3.63) is 35.4 Å². The molecule has 2 atom stereocenters. The highest BCUT2D eigenvalue weighted by Gasteiger charge is 2.40. The zero-order valence-corrected chi connectivity index (χ0v) is 14.0. The molecule has 2 rings (SSSR count). The van der Waals surface area contributed by atoms with Crippen molar-refractivity contribution in [2.45, 2.75) is 33.1 Å². The minimum absolute atomic E-state index is 0.0950. The number of hydrogen-bond donors (Lipinski definition) is 0. The van der Waals surface area contributed by atoms with Crippen molar-refractivity contribution in [3.63, 3.8) is 0 Å². The Labute approximate surface area is 133 Å². The Morgan fingerprint density at radius 1 is 1.18 bits per heavy atom. The summed E-state index contributed by atoms with van der Waals surface area (Å²) in [4.78, 5) is 28.3. The van der Waals surface area contributed by atoms with Crippen molar-refractivity contribution >= 4 is 11.8 Å². The lowest BCUT2D eigenvalue weighted by Crippen LogP contribution is -2.36. The number of aryl methyl sites for hydroxylation is 1. The van der Waals surface area contributed by atoms with Crippen molar-refractivity contribution in [2.24, 2.45) is 5.92 Å². The highest BCUT2D eigenvalue weighted by Crippen LogP contribution is 2.34. The summed E-state index contributed by atoms with van der Waals surface area (Å²) in [7, 11) is 1.83. The minimum Gasteiger partial charge on any atom is -0.346 e. The van der Waals surface area contributed by atoms with Crippen LogP contribution in [0.15, 0.2) is 24.3 Å². The summed E-state index contributed by atoms with van der Waals surface area (Å²) in [6.07, 6.45) is 0.491. The Bertz CT molecular complexity index is 539. The maximum absolute atomic E-state index is 12.7. The maximum atomic E-state index is 12.7. The number of carbonyl (C=O) groups excluding carboxylic acids is 2. The van der Waals surface area contributed by atoms with Gasteiger partial charge in [-0.15, -0.1) is 0 Å². The predicted molar refractivity (Wildman–Crippen MR) is 87.6 cm³/mol. The van der Waals surface area contributed by atoms with Crippen molar-refractivity contribution < 1.29 is 9.59 Å². The van der Waals surface area contributed by atoms with Gasteiger partial charge >= 0.3 is 0 Å². The molecule has 0 radical (unpaired) electrons. The molecule has 2 amide bonds. The molecule has 0 aromatic heterocycles. The molecule has 0 spiro atoms. The average Bonchev–Trinajstić information content (AvgIpc) is 2.98. The summed E-state index contributed by atoms with van der Waals surface area (Å²) in [5, 5.41) is 0. The van der Waals surface area contributed by atoms with E-state index in [2.05, 4.69) is 31.2 Å². The number of rotatable bonds is 4. The molecular formula is C18H26N2O2. The Morgan fingerprint density at radius 2 is 1.82 bits per heavy atom. The lowest BCUT2D eigenvalue weighted by molar-refractivity contribution is -0.134. The molecule has 2 unspecified atom stereocenters. The number of benzene rings is 1. The monoisotopic (exact) mass is 302 g/mol. The first kappa shape index (κ1) is 16.5. The Morgan fingerprint density at radius 3 is 2.36 bits per heavy atom. The molecule has 1 fully saturated rings. The van der Waals surface area contributed by atoms with Crippen LogP contribution in [0.3, 0.4) is 0 Å². The van der Waals surface area contributed by atoms with Crippen molar-refractivity contribution in [1.82, 2.24) is 9.80 Å². The average molecular weight is 302 g/mol. The molecule has 1 aliphatic heterocycles. The smallest absolute Gasteiger partial charge is 0.227 e. The van der Waals surface area contributed by atoms with Gasteiger partial charge in [0.1, 0.15) is 0 Å². The molecule has 0 N–H and O–H groups in total. The van der Waals surface area contributed by atoms with E-state index in [9.17, 15) is 9.59 Å². The standard InChI is InChI=1S/C18H26N2O2/c1-5-17(21)20-11-15(14-9-7-13(3)8-10-14)16(12-20)18(22)19(4)6-2/h7-10,15-16H,5-6,11-12H2,1-4H3. The van der Waals surface area contributed by atoms with Gasteiger partial charge < -0.3 is 9.80 Å². The zero-order valence-electron chi connectivity index (χ0n) is 14.0. The van der Waals surface area contributed by atoms with Crippen molar-refractivity contribution in [3.8, 4) is 0 Å². The molecule has 1 aliphatic rings. The Balaban J connectivity index is 2.28. The molecule has 4 nitrogen and oxygen atoms in total. The minimum atomic E-state index is -0.136. The van der Waals surface area contributed by atoms with E-state index >= 15 is 0 Å². The molecule has 0 aliphatic carbocycles. The topological polar surface area (TPSA) is 40.6 Å². The van der Waals surface area contributed by atoms with Crippen molar-refractivity contribution in [2.75, 3.05) is 26.7 Å². The second-order valence-corrected chi connectivity index (χ2v) is 6.13. The van der Waals surface area contributed by atoms with Gasteiger partial charge in [-0.25, -0.2) is 0 Å². The maximum Gasteiger partial charge on any atom is 0.227 e. The highest BCUT2D eigenvalue weighted by atomic mass is 16.2. The van der Waals surface area contributed by atoms with Gasteiger partial charge in [-0.1, -0.05) is 36.8 Å². The summed E-state index contributed by atoms with van der Waals surface area (Å²) >= 11 is 0. The number of hydrogen-bond acceptors (Lipinski definition) is 2. The molecule has 0 saturated carbocycles. The fourth-order valence-electron chi connectivity index (χ4n) is 3.07. The van der Waals surface area contributed by atoms with Gasteiger partial charge in [0.15, 0.2) is 0 Å². The molecular weight excluding hydrogens is 276 g/mol. The first-order valence-electron chi connectivity index (χ1n) is 8.07. The van der Waals surface area contributed by atoms with Crippen LogP contribution in [0.5, 0.6) is 0 Å². The zero-order chi connectivity index (χ0) is 16.3. The first-order chi connectivity index (χ1) is 10.5. The van der Waals surface area contributed by atoms with Gasteiger partial charge in [-0.3, -0.25) is 9.59 Å². The SMILES string of the molecule is CCC(=O)N1CC(C(=O)N(C)CC)C(c2ccc(C)cc2)C1. The second-order valence-electron chi connectivity index (χ2n) is 6.13. The largest absolute Gasteiger partial charge is 0.346 e. The van der Waals surface area contributed by atoms with Crippen LogP contribution in [0.2, 0.25) is 0 Å². The van der Waals surface area contributed by atoms with Crippen LogP contribution < -0.4 is 0 Å². The summed E-state index contributed by atoms with van der Waals surface area (Å²) in [5.74, 6) is 0.229. The van der Waals surface area contributed by atoms with Gasteiger partial charge in [0.05, 0.1) is 5.92 Å². The molecule has 120 valence electrons. The first-order valence-corrected chi connectivity index (χ1v) is 8.07. The summed E-state index contributed by atoms with van der Waals surface area (Å²) in [6.45, 7) is 7.77. The van der Waals surface area contributed by atoms with E-state index < -0.39 is 0 Å². The van der Waals surface area contributed by atoms with E-state index in [1.807, 2.05) is 25.8 Å². The van der Waals surface area contributed by atoms with E-state index in [1.54, 1.807) is 4.90 Å². The summed E-state index contributed by atoms with van der Waals surface area (Å²) in [5.41, 5.74) is 2.36. The van der Waals surface area contributed by atoms with Crippen molar-refractivity contribution in [1.29, 1.82) is 0 Å². The van der Waals surface area contributed by atoms with E-state index in [0.717, 1.165) is 5.56 Å². The number of carbonyl (C=O) groups is 2. The van der Waals surface area contributed by atoms with Crippen LogP contribution >= 0.6 is 0 Å². The molecule has 22 heavy (non-hydrogen) atoms. The van der Waals surface area contributed by atoms with Crippen LogP contribution in [0.25, 0.3) is 0 Å². The van der Waals surface area contributed by atoms with E-state index in [1.165, 1.54) is 5.56 Å². The van der Waals surface area contributed by atoms with Crippen LogP contribution in [-0.4, -0.2) is 48.3 Å². The summed E-state index contributed by atoms with van der Waals surface area (Å²) in [6, 6.07) is 8.33. The number of likely N-dealkylation sites (tertiary alicyclic amines) is 1. The van der Waals surface area contributed by atoms with E-state index in [4.69, 9.17) is 0 Å². The molecule has 4 heteroatoms. The van der Waals surface area contributed by atoms with Crippen LogP contribution in [0, 0.1) is 12.8 Å². The van der Waals surface area contributed by atoms with Gasteiger partial charge in [-0.05, 0) is 19.4 Å². The lowest BCUT2D eigenvalue weighted by atomic mass is 9.87. The lowest BCUT2D eigenvalue weighted by Gasteiger charge is -2.23. The predicted octanol–water partition coefficient (Wildman–Crippen LogP) is 2.43. The molecule has 0 bridgehead atoms. The number of nitrogens with zero attached hydrogens (tertiary/aromatic N) is 2. The second kappa shape index (κ2) is 6.95. The van der Waals surface area contributed by atoms with Crippen LogP contribution in [0.4, 0.5) is 0 Å². The van der Waals surface area contributed by atoms with Crippen LogP contribution in [0.1, 0.15) is 37.3 Å². The van der Waals surface area contributed by atoms with Gasteiger partial charge in [0.25, 0.3) is 0 Å². The fraction of sp³-hybridized carbons (Fsp3) is 0.556. The third kappa shape index (κ3) is 3.32. The van der Waals surface area contributed by atoms with Gasteiger partial charge in [0.2, 0.25) is 11.8 Å². The van der Waals surface area contributed by atoms with E-state index in [0.29, 0.717) is 26.1 Å². The Kier molecular flexibility index (Phi) is 5.22. The fourth-order valence-corrected chi connectivity index (χ4v) is 3.07. The third-order valence-corrected chi connectivity index (χ3v) is 4.65. The van der Waals surface area contributed by atoms with Gasteiger partial charge in [-0.2, -0.15) is 0 Å². The van der Waals surface area contributed by atoms with Gasteiger partial charge in [0, 0.05) is 39.0 Å². The van der Waals surface area contributed by atoms with Crippen LogP contribution in [-0.2, 0) is 9.59 Å². The van der Waals surface area contributed by atoms with E-state index in [-0.39, 0.29) is 23.7 Å². The normalized spacial score (nSPS) is 21.0. The molecule has 1 saturated heterocycles. The third-order valence-electron chi connectivity index (χ3n) is 4.65. The molecule has 1 aromatic carbocycles. The molecule has 1 aromatic rings. The Hall–Kier alpha value is -1.84.